The van der Waals surface area contributed by atoms with Crippen LogP contribution >= 0.6 is 0 Å². The van der Waals surface area contributed by atoms with Crippen LogP contribution in [0.15, 0.2) is 24.4 Å². The number of tetrazole rings is 1. The molecule has 0 spiro atoms. The molecule has 4 heterocycles. The van der Waals surface area contributed by atoms with E-state index in [9.17, 15) is 13.2 Å². The number of alkyl halides is 3. The lowest BCUT2D eigenvalue weighted by molar-refractivity contribution is -0.138. The fourth-order valence-electron chi connectivity index (χ4n) is 4.17. The highest BCUT2D eigenvalue weighted by atomic mass is 19.4. The summed E-state index contributed by atoms with van der Waals surface area (Å²) in [6.45, 7) is 2.81. The van der Waals surface area contributed by atoms with Crippen LogP contribution < -0.4 is 10.6 Å². The lowest BCUT2D eigenvalue weighted by Gasteiger charge is -2.28. The minimum absolute atomic E-state index is 0.0554. The van der Waals surface area contributed by atoms with Crippen LogP contribution in [0.1, 0.15) is 42.3 Å². The summed E-state index contributed by atoms with van der Waals surface area (Å²) >= 11 is 0. The monoisotopic (exact) mass is 457 g/mol. The number of hydrogen-bond acceptors (Lipinski definition) is 8. The molecule has 9 nitrogen and oxygen atoms in total. The normalized spacial score (nSPS) is 20.5. The van der Waals surface area contributed by atoms with E-state index in [1.165, 1.54) is 4.68 Å². The summed E-state index contributed by atoms with van der Waals surface area (Å²) in [5.41, 5.74) is 1.19. The zero-order valence-electron chi connectivity index (χ0n) is 18.1. The van der Waals surface area contributed by atoms with Crippen molar-refractivity contribution in [2.24, 2.45) is 7.05 Å². The maximum atomic E-state index is 13.8. The second-order valence-corrected chi connectivity index (χ2v) is 8.32. The zero-order chi connectivity index (χ0) is 23.2. The van der Waals surface area contributed by atoms with Gasteiger partial charge in [0.25, 0.3) is 0 Å². The van der Waals surface area contributed by atoms with Gasteiger partial charge in [-0.1, -0.05) is 12.1 Å². The minimum Gasteiger partial charge on any atom is -0.350 e. The Kier molecular flexibility index (Phi) is 5.31. The molecule has 0 radical (unpaired) electrons. The van der Waals surface area contributed by atoms with Gasteiger partial charge in [-0.25, -0.2) is 19.6 Å². The van der Waals surface area contributed by atoms with Crippen LogP contribution in [0.5, 0.6) is 0 Å². The Bertz CT molecular complexity index is 1210. The van der Waals surface area contributed by atoms with Crippen LogP contribution in [0.25, 0.3) is 17.1 Å². The molecule has 0 aromatic carbocycles. The Morgan fingerprint density at radius 3 is 2.73 bits per heavy atom. The van der Waals surface area contributed by atoms with Crippen LogP contribution in [-0.4, -0.2) is 53.8 Å². The van der Waals surface area contributed by atoms with E-state index in [4.69, 9.17) is 0 Å². The van der Waals surface area contributed by atoms with Gasteiger partial charge in [0.2, 0.25) is 5.95 Å². The van der Waals surface area contributed by atoms with E-state index >= 15 is 0 Å². The summed E-state index contributed by atoms with van der Waals surface area (Å²) in [4.78, 5) is 12.9. The number of fused-ring (bicyclic) bond motifs is 1. The van der Waals surface area contributed by atoms with Gasteiger partial charge in [0.1, 0.15) is 11.3 Å². The van der Waals surface area contributed by atoms with Crippen LogP contribution in [0.3, 0.4) is 0 Å². The quantitative estimate of drug-likeness (QED) is 0.616. The van der Waals surface area contributed by atoms with Crippen molar-refractivity contribution in [3.63, 3.8) is 0 Å². The van der Waals surface area contributed by atoms with Gasteiger partial charge in [0.15, 0.2) is 5.82 Å². The highest BCUT2D eigenvalue weighted by molar-refractivity contribution is 5.84. The number of aromatic nitrogens is 7. The Morgan fingerprint density at radius 1 is 1.18 bits per heavy atom. The smallest absolute Gasteiger partial charge is 0.350 e. The number of allylic oxidation sites excluding steroid dienone is 1. The van der Waals surface area contributed by atoms with Gasteiger partial charge < -0.3 is 10.6 Å². The third kappa shape index (κ3) is 4.17. The van der Waals surface area contributed by atoms with Gasteiger partial charge in [0, 0.05) is 49.4 Å². The van der Waals surface area contributed by atoms with E-state index in [2.05, 4.69) is 48.0 Å². The Morgan fingerprint density at radius 2 is 2.03 bits per heavy atom. The number of halogens is 3. The molecule has 1 aliphatic heterocycles. The van der Waals surface area contributed by atoms with Crippen LogP contribution in [0, 0.1) is 0 Å². The topological polar surface area (TPSA) is 106 Å². The number of nitrogens with one attached hydrogen (secondary N) is 2. The van der Waals surface area contributed by atoms with Crippen molar-refractivity contribution >= 4 is 11.5 Å². The van der Waals surface area contributed by atoms with Gasteiger partial charge in [-0.2, -0.15) is 13.2 Å². The molecule has 0 unspecified atom stereocenters. The number of nitrogens with zero attached hydrogens (tertiary/aromatic N) is 7. The summed E-state index contributed by atoms with van der Waals surface area (Å²) in [7, 11) is 1.70. The molecule has 12 heteroatoms. The molecule has 0 bridgehead atoms. The first-order chi connectivity index (χ1) is 15.8. The maximum Gasteiger partial charge on any atom is 0.419 e. The largest absolute Gasteiger partial charge is 0.419 e. The van der Waals surface area contributed by atoms with Crippen molar-refractivity contribution < 1.29 is 13.2 Å². The van der Waals surface area contributed by atoms with Crippen molar-refractivity contribution in [2.45, 2.75) is 44.4 Å². The van der Waals surface area contributed by atoms with Gasteiger partial charge >= 0.3 is 6.18 Å². The number of piperidine rings is 1. The van der Waals surface area contributed by atoms with Gasteiger partial charge in [-0.15, -0.1) is 5.10 Å². The molecular formula is C21H22F3N9. The number of anilines is 1. The predicted molar refractivity (Wildman–Crippen MR) is 114 cm³/mol. The first-order valence-electron chi connectivity index (χ1n) is 10.7. The van der Waals surface area contributed by atoms with Crippen LogP contribution in [0.2, 0.25) is 0 Å². The van der Waals surface area contributed by atoms with E-state index in [0.29, 0.717) is 47.4 Å². The standard InChI is InChI=1S/C21H22F3N9/c1-11-3-4-12(9-25-11)27-20-26-10-15(21(22,23)24)18(29-20)14-6-7-16-13(14)5-8-17(28-16)19-30-31-32-33(19)2/h5-6,8,10-12,25H,3-4,7,9H2,1-2H3,(H,26,27,29)/t11-,12-/m0/s1. The molecule has 3 aromatic rings. The average molecular weight is 457 g/mol. The number of pyridine rings is 1. The second kappa shape index (κ2) is 8.18. The second-order valence-electron chi connectivity index (χ2n) is 8.32. The third-order valence-corrected chi connectivity index (χ3v) is 5.96. The highest BCUT2D eigenvalue weighted by Gasteiger charge is 2.37. The maximum absolute atomic E-state index is 13.8. The lowest BCUT2D eigenvalue weighted by atomic mass is 10.0. The fourth-order valence-corrected chi connectivity index (χ4v) is 4.17. The molecule has 0 saturated carbocycles. The molecule has 2 N–H and O–H groups in total. The molecule has 0 amide bonds. The van der Waals surface area contributed by atoms with Crippen molar-refractivity contribution in [3.8, 4) is 11.5 Å². The predicted octanol–water partition coefficient (Wildman–Crippen LogP) is 2.62. The molecule has 5 rings (SSSR count). The molecule has 1 aliphatic carbocycles. The zero-order valence-corrected chi connectivity index (χ0v) is 18.1. The van der Waals surface area contributed by atoms with Crippen molar-refractivity contribution in [1.82, 2.24) is 40.5 Å². The Balaban J connectivity index is 1.49. The minimum atomic E-state index is -4.59. The van der Waals surface area contributed by atoms with E-state index in [1.54, 1.807) is 25.3 Å². The molecule has 1 fully saturated rings. The molecule has 3 aromatic heterocycles. The number of rotatable bonds is 4. The lowest BCUT2D eigenvalue weighted by Crippen LogP contribution is -2.43. The number of aryl methyl sites for hydroxylation is 1. The SMILES string of the molecule is C[C@H]1CC[C@H](Nc2ncc(C(F)(F)F)c(C3=CCc4nc(-c5nnnn5C)ccc43)n2)CN1. The van der Waals surface area contributed by atoms with Crippen molar-refractivity contribution in [2.75, 3.05) is 11.9 Å². The van der Waals surface area contributed by atoms with E-state index < -0.39 is 11.7 Å². The fraction of sp³-hybridized carbons (Fsp3) is 0.429. The van der Waals surface area contributed by atoms with Gasteiger partial charge in [0.05, 0.1) is 11.4 Å². The summed E-state index contributed by atoms with van der Waals surface area (Å²) in [5.74, 6) is 0.662. The van der Waals surface area contributed by atoms with Crippen molar-refractivity contribution in [1.29, 1.82) is 0 Å². The van der Waals surface area contributed by atoms with E-state index in [-0.39, 0.29) is 17.7 Å². The molecule has 1 saturated heterocycles. The van der Waals surface area contributed by atoms with E-state index in [0.717, 1.165) is 19.0 Å². The highest BCUT2D eigenvalue weighted by Crippen LogP contribution is 2.39. The average Bonchev–Trinajstić information content (AvgIpc) is 3.40. The summed E-state index contributed by atoms with van der Waals surface area (Å²) in [5, 5.41) is 17.9. The first kappa shape index (κ1) is 21.4. The van der Waals surface area contributed by atoms with Crippen molar-refractivity contribution in [3.05, 3.63) is 46.9 Å². The Hall–Kier alpha value is -3.41. The number of hydrogen-bond donors (Lipinski definition) is 2. The van der Waals surface area contributed by atoms with Crippen LogP contribution in [0.4, 0.5) is 19.1 Å². The third-order valence-electron chi connectivity index (χ3n) is 5.96. The Labute approximate surface area is 187 Å². The van der Waals surface area contributed by atoms with Gasteiger partial charge in [-0.3, -0.25) is 0 Å². The molecule has 2 atom stereocenters. The molecule has 33 heavy (non-hydrogen) atoms. The first-order valence-corrected chi connectivity index (χ1v) is 10.7. The van der Waals surface area contributed by atoms with Crippen LogP contribution in [-0.2, 0) is 19.6 Å². The molecule has 2 aliphatic rings. The molecule has 172 valence electrons. The molecular weight excluding hydrogens is 435 g/mol. The summed E-state index contributed by atoms with van der Waals surface area (Å²) < 4.78 is 43.0. The summed E-state index contributed by atoms with van der Waals surface area (Å²) in [6, 6.07) is 3.92. The summed E-state index contributed by atoms with van der Waals surface area (Å²) in [6.07, 6.45) is 0.244. The van der Waals surface area contributed by atoms with E-state index in [1.807, 2.05) is 0 Å². The van der Waals surface area contributed by atoms with Gasteiger partial charge in [-0.05, 0) is 36.3 Å².